The van der Waals surface area contributed by atoms with Crippen molar-refractivity contribution in [3.05, 3.63) is 33.8 Å². The number of hydrogen-bond acceptors (Lipinski definition) is 3. The number of rotatable bonds is 5. The molecule has 0 unspecified atom stereocenters. The fourth-order valence-corrected chi connectivity index (χ4v) is 2.10. The summed E-state index contributed by atoms with van der Waals surface area (Å²) in [5.74, 6) is -4.00. The zero-order valence-electron chi connectivity index (χ0n) is 12.1. The normalized spacial score (nSPS) is 12.0. The van der Waals surface area contributed by atoms with Crippen LogP contribution in [0.5, 0.6) is 0 Å². The van der Waals surface area contributed by atoms with Crippen LogP contribution >= 0.6 is 23.2 Å². The van der Waals surface area contributed by atoms with Crippen molar-refractivity contribution >= 4 is 40.7 Å². The van der Waals surface area contributed by atoms with Crippen LogP contribution in [0.4, 0.5) is 13.2 Å². The first kappa shape index (κ1) is 19.4. The van der Waals surface area contributed by atoms with Crippen LogP contribution in [0, 0.1) is 0 Å². The maximum Gasteiger partial charge on any atom is 0.450 e. The molecule has 0 spiro atoms. The molecule has 23 heavy (non-hydrogen) atoms. The lowest BCUT2D eigenvalue weighted by atomic mass is 9.94. The third-order valence-electron chi connectivity index (χ3n) is 2.89. The summed E-state index contributed by atoms with van der Waals surface area (Å²) in [4.78, 5) is 34.8. The Balaban J connectivity index is 2.86. The zero-order valence-corrected chi connectivity index (χ0v) is 13.6. The van der Waals surface area contributed by atoms with Crippen LogP contribution in [0.1, 0.15) is 30.6 Å². The molecule has 1 N–H and O–H groups in total. The van der Waals surface area contributed by atoms with Gasteiger partial charge in [0, 0.05) is 15.6 Å². The molecule has 0 aliphatic carbocycles. The minimum absolute atomic E-state index is 0.0329. The summed E-state index contributed by atoms with van der Waals surface area (Å²) in [6.45, 7) is 2.39. The summed E-state index contributed by atoms with van der Waals surface area (Å²) in [7, 11) is 0. The number of alkyl halides is 3. The molecule has 1 amide bonds. The number of Topliss-reactive ketones (excluding diaryl/α,β-unsaturated/α-hetero) is 2. The van der Waals surface area contributed by atoms with Crippen molar-refractivity contribution in [2.45, 2.75) is 32.0 Å². The predicted molar refractivity (Wildman–Crippen MR) is 78.7 cm³/mol. The van der Waals surface area contributed by atoms with Gasteiger partial charge in [0.15, 0.2) is 5.78 Å². The van der Waals surface area contributed by atoms with Crippen LogP contribution in [-0.4, -0.2) is 29.2 Å². The van der Waals surface area contributed by atoms with Crippen molar-refractivity contribution < 1.29 is 27.6 Å². The molecule has 0 aliphatic heterocycles. The maximum absolute atomic E-state index is 12.2. The SMILES string of the molecule is CC(C)(NC(=O)c1cc(Cl)cc(Cl)c1)C(=O)CC(=O)C(F)(F)F. The second kappa shape index (κ2) is 6.88. The van der Waals surface area contributed by atoms with Gasteiger partial charge in [-0.25, -0.2) is 0 Å². The second-order valence-electron chi connectivity index (χ2n) is 5.26. The molecule has 0 radical (unpaired) electrons. The summed E-state index contributed by atoms with van der Waals surface area (Å²) in [5.41, 5.74) is -1.64. The highest BCUT2D eigenvalue weighted by molar-refractivity contribution is 6.35. The Labute approximate surface area is 139 Å². The number of hydrogen-bond donors (Lipinski definition) is 1. The maximum atomic E-state index is 12.2. The summed E-state index contributed by atoms with van der Waals surface area (Å²) in [6.07, 6.45) is -6.46. The zero-order chi connectivity index (χ0) is 18.0. The van der Waals surface area contributed by atoms with E-state index in [1.54, 1.807) is 0 Å². The fraction of sp³-hybridized carbons (Fsp3) is 0.357. The van der Waals surface area contributed by atoms with Crippen LogP contribution in [0.2, 0.25) is 10.0 Å². The highest BCUT2D eigenvalue weighted by Crippen LogP contribution is 2.22. The monoisotopic (exact) mass is 369 g/mol. The first-order valence-electron chi connectivity index (χ1n) is 6.25. The highest BCUT2D eigenvalue weighted by atomic mass is 35.5. The number of halogens is 5. The summed E-state index contributed by atoms with van der Waals surface area (Å²) in [6, 6.07) is 3.95. The van der Waals surface area contributed by atoms with Crippen molar-refractivity contribution in [1.82, 2.24) is 5.32 Å². The van der Waals surface area contributed by atoms with Crippen LogP contribution in [-0.2, 0) is 9.59 Å². The van der Waals surface area contributed by atoms with E-state index >= 15 is 0 Å². The second-order valence-corrected chi connectivity index (χ2v) is 6.13. The Kier molecular flexibility index (Phi) is 5.82. The molecule has 0 aliphatic rings. The number of carbonyl (C=O) groups excluding carboxylic acids is 3. The van der Waals surface area contributed by atoms with Crippen molar-refractivity contribution in [3.63, 3.8) is 0 Å². The largest absolute Gasteiger partial charge is 0.450 e. The Bertz CT molecular complexity index is 637. The van der Waals surface area contributed by atoms with Gasteiger partial charge in [0.25, 0.3) is 5.91 Å². The Morgan fingerprint density at radius 3 is 1.91 bits per heavy atom. The smallest absolute Gasteiger partial charge is 0.340 e. The molecule has 0 aromatic heterocycles. The Hall–Kier alpha value is -1.60. The summed E-state index contributed by atoms with van der Waals surface area (Å²) in [5, 5.41) is 2.62. The Morgan fingerprint density at radius 2 is 1.48 bits per heavy atom. The Morgan fingerprint density at radius 1 is 1.00 bits per heavy atom. The molecule has 0 fully saturated rings. The van der Waals surface area contributed by atoms with Gasteiger partial charge < -0.3 is 5.32 Å². The number of ketones is 2. The third kappa shape index (κ3) is 5.51. The van der Waals surface area contributed by atoms with Gasteiger partial charge in [-0.1, -0.05) is 23.2 Å². The first-order chi connectivity index (χ1) is 10.3. The van der Waals surface area contributed by atoms with E-state index in [1.807, 2.05) is 0 Å². The van der Waals surface area contributed by atoms with E-state index in [4.69, 9.17) is 23.2 Å². The van der Waals surface area contributed by atoms with Gasteiger partial charge in [0.05, 0.1) is 12.0 Å². The van der Waals surface area contributed by atoms with E-state index in [0.717, 1.165) is 0 Å². The fourth-order valence-electron chi connectivity index (χ4n) is 1.58. The van der Waals surface area contributed by atoms with Gasteiger partial charge >= 0.3 is 6.18 Å². The van der Waals surface area contributed by atoms with E-state index in [-0.39, 0.29) is 15.6 Å². The van der Waals surface area contributed by atoms with Gasteiger partial charge in [-0.3, -0.25) is 14.4 Å². The van der Waals surface area contributed by atoms with Gasteiger partial charge in [0.2, 0.25) is 5.78 Å². The summed E-state index contributed by atoms with van der Waals surface area (Å²) >= 11 is 11.5. The molecular weight excluding hydrogens is 358 g/mol. The van der Waals surface area contributed by atoms with Crippen LogP contribution in [0.15, 0.2) is 18.2 Å². The molecule has 0 atom stereocenters. The van der Waals surface area contributed by atoms with E-state index in [2.05, 4.69) is 5.32 Å². The topological polar surface area (TPSA) is 63.2 Å². The molecule has 1 rings (SSSR count). The molecule has 0 saturated heterocycles. The molecular formula is C14H12Cl2F3NO3. The predicted octanol–water partition coefficient (Wildman–Crippen LogP) is 3.59. The van der Waals surface area contributed by atoms with Crippen LogP contribution < -0.4 is 5.32 Å². The van der Waals surface area contributed by atoms with E-state index < -0.39 is 35.6 Å². The number of amides is 1. The van der Waals surface area contributed by atoms with Crippen molar-refractivity contribution in [2.75, 3.05) is 0 Å². The van der Waals surface area contributed by atoms with Gasteiger partial charge in [-0.2, -0.15) is 13.2 Å². The van der Waals surface area contributed by atoms with Crippen LogP contribution in [0.3, 0.4) is 0 Å². The molecule has 1 aromatic rings. The first-order valence-corrected chi connectivity index (χ1v) is 7.00. The average Bonchev–Trinajstić information content (AvgIpc) is 2.35. The molecule has 0 heterocycles. The molecule has 4 nitrogen and oxygen atoms in total. The summed E-state index contributed by atoms with van der Waals surface area (Å²) < 4.78 is 36.6. The van der Waals surface area contributed by atoms with E-state index in [1.165, 1.54) is 32.0 Å². The molecule has 0 saturated carbocycles. The number of benzene rings is 1. The van der Waals surface area contributed by atoms with Gasteiger partial charge in [-0.05, 0) is 32.0 Å². The lowest BCUT2D eigenvalue weighted by Crippen LogP contribution is -2.50. The molecule has 0 bridgehead atoms. The average molecular weight is 370 g/mol. The minimum Gasteiger partial charge on any atom is -0.340 e. The highest BCUT2D eigenvalue weighted by Gasteiger charge is 2.42. The van der Waals surface area contributed by atoms with Crippen molar-refractivity contribution in [2.24, 2.45) is 0 Å². The molecule has 9 heteroatoms. The minimum atomic E-state index is -5.10. The van der Waals surface area contributed by atoms with E-state index in [9.17, 15) is 27.6 Å². The quantitative estimate of drug-likeness (QED) is 0.806. The van der Waals surface area contributed by atoms with E-state index in [0.29, 0.717) is 0 Å². The third-order valence-corrected chi connectivity index (χ3v) is 3.32. The molecule has 1 aromatic carbocycles. The standard InChI is InChI=1S/C14H12Cl2F3NO3/c1-13(2,10(21)6-11(22)14(17,18)19)20-12(23)7-3-8(15)5-9(16)4-7/h3-5H,6H2,1-2H3,(H,20,23). The number of carbonyl (C=O) groups is 3. The molecule has 126 valence electrons. The lowest BCUT2D eigenvalue weighted by Gasteiger charge is -2.24. The number of nitrogens with one attached hydrogen (secondary N) is 1. The van der Waals surface area contributed by atoms with Gasteiger partial charge in [-0.15, -0.1) is 0 Å². The van der Waals surface area contributed by atoms with Crippen molar-refractivity contribution in [1.29, 1.82) is 0 Å². The van der Waals surface area contributed by atoms with Crippen LogP contribution in [0.25, 0.3) is 0 Å². The van der Waals surface area contributed by atoms with Gasteiger partial charge in [0.1, 0.15) is 0 Å². The lowest BCUT2D eigenvalue weighted by molar-refractivity contribution is -0.172. The van der Waals surface area contributed by atoms with Crippen molar-refractivity contribution in [3.8, 4) is 0 Å².